The molecule has 0 saturated carbocycles. The average molecular weight is 301 g/mol. The zero-order valence-electron chi connectivity index (χ0n) is 12.7. The molecular formula is C17H19NO4. The van der Waals surface area contributed by atoms with Gasteiger partial charge in [0, 0.05) is 17.5 Å². The first-order valence-corrected chi connectivity index (χ1v) is 7.06. The number of carbonyl (C=O) groups excluding carboxylic acids is 2. The number of ether oxygens (including phenoxy) is 1. The predicted molar refractivity (Wildman–Crippen MR) is 83.4 cm³/mol. The summed E-state index contributed by atoms with van der Waals surface area (Å²) in [7, 11) is 0. The molecular weight excluding hydrogens is 282 g/mol. The van der Waals surface area contributed by atoms with Gasteiger partial charge >= 0.3 is 5.97 Å². The maximum atomic E-state index is 11.9. The third kappa shape index (κ3) is 3.75. The van der Waals surface area contributed by atoms with E-state index in [1.54, 1.807) is 12.3 Å². The first-order valence-electron chi connectivity index (χ1n) is 7.06. The van der Waals surface area contributed by atoms with Gasteiger partial charge in [0.25, 0.3) is 5.91 Å². The van der Waals surface area contributed by atoms with Crippen molar-refractivity contribution >= 4 is 22.8 Å². The van der Waals surface area contributed by atoms with Crippen LogP contribution in [-0.2, 0) is 20.7 Å². The number of fused-ring (bicyclic) bond motifs is 1. The lowest BCUT2D eigenvalue weighted by Gasteiger charge is -2.12. The average Bonchev–Trinajstić information content (AvgIpc) is 2.86. The van der Waals surface area contributed by atoms with Gasteiger partial charge in [-0.1, -0.05) is 18.2 Å². The summed E-state index contributed by atoms with van der Waals surface area (Å²) in [6, 6.07) is 5.78. The molecule has 22 heavy (non-hydrogen) atoms. The van der Waals surface area contributed by atoms with Crippen LogP contribution in [0.25, 0.3) is 11.0 Å². The second-order valence-corrected chi connectivity index (χ2v) is 5.10. The van der Waals surface area contributed by atoms with Crippen LogP contribution in [0.5, 0.6) is 0 Å². The molecule has 0 aliphatic rings. The number of esters is 1. The fourth-order valence-corrected chi connectivity index (χ4v) is 2.09. The Morgan fingerprint density at radius 2 is 2.23 bits per heavy atom. The molecule has 1 atom stereocenters. The highest BCUT2D eigenvalue weighted by molar-refractivity contribution is 5.88. The molecule has 0 spiro atoms. The van der Waals surface area contributed by atoms with Gasteiger partial charge in [0.2, 0.25) is 0 Å². The summed E-state index contributed by atoms with van der Waals surface area (Å²) in [6.07, 6.45) is 2.34. The molecule has 1 N–H and O–H groups in total. The Kier molecular flexibility index (Phi) is 4.99. The van der Waals surface area contributed by atoms with E-state index in [-0.39, 0.29) is 12.3 Å². The Hall–Kier alpha value is -2.56. The van der Waals surface area contributed by atoms with Crippen LogP contribution in [0, 0.1) is 6.92 Å². The number of nitrogens with one attached hydrogen (secondary N) is 1. The molecule has 1 aromatic carbocycles. The van der Waals surface area contributed by atoms with Crippen molar-refractivity contribution in [1.82, 2.24) is 5.32 Å². The number of benzene rings is 1. The van der Waals surface area contributed by atoms with Crippen molar-refractivity contribution < 1.29 is 18.7 Å². The number of furan rings is 1. The van der Waals surface area contributed by atoms with Gasteiger partial charge in [-0.15, -0.1) is 6.58 Å². The number of hydrogen-bond acceptors (Lipinski definition) is 4. The van der Waals surface area contributed by atoms with Gasteiger partial charge in [0.1, 0.15) is 5.58 Å². The molecule has 0 radical (unpaired) electrons. The highest BCUT2D eigenvalue weighted by Crippen LogP contribution is 2.23. The molecule has 2 rings (SSSR count). The van der Waals surface area contributed by atoms with Gasteiger partial charge in [-0.2, -0.15) is 0 Å². The van der Waals surface area contributed by atoms with Gasteiger partial charge in [-0.25, -0.2) is 0 Å². The van der Waals surface area contributed by atoms with Crippen molar-refractivity contribution in [2.75, 3.05) is 6.54 Å². The van der Waals surface area contributed by atoms with Gasteiger partial charge < -0.3 is 14.5 Å². The molecule has 0 saturated heterocycles. The molecule has 0 aliphatic carbocycles. The van der Waals surface area contributed by atoms with E-state index in [1.807, 2.05) is 25.1 Å². The fourth-order valence-electron chi connectivity index (χ4n) is 2.09. The van der Waals surface area contributed by atoms with Gasteiger partial charge in [-0.05, 0) is 25.5 Å². The molecule has 0 aliphatic heterocycles. The molecule has 0 fully saturated rings. The zero-order chi connectivity index (χ0) is 16.1. The van der Waals surface area contributed by atoms with E-state index in [2.05, 4.69) is 11.9 Å². The van der Waals surface area contributed by atoms with Crippen LogP contribution in [0.4, 0.5) is 0 Å². The van der Waals surface area contributed by atoms with Crippen LogP contribution in [0.2, 0.25) is 0 Å². The monoisotopic (exact) mass is 301 g/mol. The van der Waals surface area contributed by atoms with Crippen LogP contribution in [-0.4, -0.2) is 24.5 Å². The van der Waals surface area contributed by atoms with Gasteiger partial charge in [0.15, 0.2) is 6.10 Å². The summed E-state index contributed by atoms with van der Waals surface area (Å²) in [5.74, 6) is -0.814. The Labute approximate surface area is 128 Å². The highest BCUT2D eigenvalue weighted by Gasteiger charge is 2.18. The van der Waals surface area contributed by atoms with E-state index in [9.17, 15) is 9.59 Å². The normalized spacial score (nSPS) is 11.9. The smallest absolute Gasteiger partial charge is 0.311 e. The zero-order valence-corrected chi connectivity index (χ0v) is 12.7. The second-order valence-electron chi connectivity index (χ2n) is 5.10. The van der Waals surface area contributed by atoms with Crippen molar-refractivity contribution in [1.29, 1.82) is 0 Å². The van der Waals surface area contributed by atoms with E-state index in [1.165, 1.54) is 6.92 Å². The first kappa shape index (κ1) is 15.8. The number of carbonyl (C=O) groups is 2. The molecule has 1 unspecified atom stereocenters. The maximum Gasteiger partial charge on any atom is 0.311 e. The molecule has 116 valence electrons. The van der Waals surface area contributed by atoms with Crippen molar-refractivity contribution in [3.63, 3.8) is 0 Å². The van der Waals surface area contributed by atoms with E-state index >= 15 is 0 Å². The minimum absolute atomic E-state index is 0.0646. The number of hydrogen-bond donors (Lipinski definition) is 1. The quantitative estimate of drug-likeness (QED) is 0.657. The SMILES string of the molecule is C=CCNC(=O)C(C)OC(=O)Cc1coc2cc(C)ccc12. The lowest BCUT2D eigenvalue weighted by atomic mass is 10.1. The molecule has 5 nitrogen and oxygen atoms in total. The van der Waals surface area contributed by atoms with Crippen molar-refractivity contribution in [2.24, 2.45) is 0 Å². The van der Waals surface area contributed by atoms with E-state index < -0.39 is 12.1 Å². The fraction of sp³-hybridized carbons (Fsp3) is 0.294. The van der Waals surface area contributed by atoms with Crippen molar-refractivity contribution in [3.8, 4) is 0 Å². The molecule has 5 heteroatoms. The summed E-state index contributed by atoms with van der Waals surface area (Å²) >= 11 is 0. The Morgan fingerprint density at radius 1 is 1.45 bits per heavy atom. The summed E-state index contributed by atoms with van der Waals surface area (Å²) in [6.45, 7) is 7.35. The number of aryl methyl sites for hydroxylation is 1. The molecule has 2 aromatic rings. The largest absolute Gasteiger partial charge is 0.464 e. The molecule has 1 amide bonds. The van der Waals surface area contributed by atoms with E-state index in [0.717, 1.165) is 22.1 Å². The van der Waals surface area contributed by atoms with Crippen molar-refractivity contribution in [3.05, 3.63) is 48.2 Å². The molecule has 1 aromatic heterocycles. The van der Waals surface area contributed by atoms with Crippen LogP contribution in [0.1, 0.15) is 18.1 Å². The van der Waals surface area contributed by atoms with E-state index in [4.69, 9.17) is 9.15 Å². The standard InChI is InChI=1S/C17H19NO4/c1-4-7-18-17(20)12(3)22-16(19)9-13-10-21-15-8-11(2)5-6-14(13)15/h4-6,8,10,12H,1,7,9H2,2-3H3,(H,18,20). The predicted octanol–water partition coefficient (Wildman–Crippen LogP) is 2.52. The van der Waals surface area contributed by atoms with Crippen LogP contribution < -0.4 is 5.32 Å². The first-order chi connectivity index (χ1) is 10.5. The van der Waals surface area contributed by atoms with Gasteiger partial charge in [0.05, 0.1) is 12.7 Å². The summed E-state index contributed by atoms with van der Waals surface area (Å²) in [5.41, 5.74) is 2.57. The molecule has 1 heterocycles. The minimum atomic E-state index is -0.840. The van der Waals surface area contributed by atoms with E-state index in [0.29, 0.717) is 6.54 Å². The number of rotatable bonds is 6. The van der Waals surface area contributed by atoms with Crippen LogP contribution in [0.15, 0.2) is 41.5 Å². The second kappa shape index (κ2) is 6.93. The topological polar surface area (TPSA) is 68.5 Å². The van der Waals surface area contributed by atoms with Crippen LogP contribution >= 0.6 is 0 Å². The summed E-state index contributed by atoms with van der Waals surface area (Å²) in [5, 5.41) is 3.46. The summed E-state index contributed by atoms with van der Waals surface area (Å²) < 4.78 is 10.6. The minimum Gasteiger partial charge on any atom is -0.464 e. The Bertz CT molecular complexity index is 702. The summed E-state index contributed by atoms with van der Waals surface area (Å²) in [4.78, 5) is 23.6. The Balaban J connectivity index is 1.99. The molecule has 0 bridgehead atoms. The lowest BCUT2D eigenvalue weighted by molar-refractivity contribution is -0.154. The van der Waals surface area contributed by atoms with Crippen LogP contribution in [0.3, 0.4) is 0 Å². The lowest BCUT2D eigenvalue weighted by Crippen LogP contribution is -2.36. The van der Waals surface area contributed by atoms with Gasteiger partial charge in [-0.3, -0.25) is 9.59 Å². The maximum absolute atomic E-state index is 11.9. The Morgan fingerprint density at radius 3 is 2.95 bits per heavy atom. The third-order valence-corrected chi connectivity index (χ3v) is 3.24. The number of amides is 1. The van der Waals surface area contributed by atoms with Crippen molar-refractivity contribution in [2.45, 2.75) is 26.4 Å². The third-order valence-electron chi connectivity index (χ3n) is 3.24. The highest BCUT2D eigenvalue weighted by atomic mass is 16.5.